The molecule has 1 fully saturated rings. The van der Waals surface area contributed by atoms with Crippen molar-refractivity contribution < 1.29 is 9.52 Å². The molecule has 2 heterocycles. The minimum Gasteiger partial charge on any atom is -0.443 e. The molecule has 0 bridgehead atoms. The van der Waals surface area contributed by atoms with Crippen LogP contribution in [-0.4, -0.2) is 21.6 Å². The van der Waals surface area contributed by atoms with E-state index in [2.05, 4.69) is 4.98 Å². The lowest BCUT2D eigenvalue weighted by atomic mass is 10.0. The van der Waals surface area contributed by atoms with Crippen LogP contribution in [-0.2, 0) is 13.0 Å². The van der Waals surface area contributed by atoms with Gasteiger partial charge in [0.15, 0.2) is 5.89 Å². The van der Waals surface area contributed by atoms with Gasteiger partial charge in [0.25, 0.3) is 0 Å². The highest BCUT2D eigenvalue weighted by Crippen LogP contribution is 2.25. The molecule has 4 heteroatoms. The van der Waals surface area contributed by atoms with Crippen LogP contribution in [0.2, 0.25) is 0 Å². The largest absolute Gasteiger partial charge is 0.443 e. The maximum atomic E-state index is 8.82. The molecule has 3 nitrogen and oxygen atoms in total. The van der Waals surface area contributed by atoms with Crippen LogP contribution in [0.1, 0.15) is 24.5 Å². The van der Waals surface area contributed by atoms with Gasteiger partial charge in [-0.15, -0.1) is 0 Å². The number of aliphatic hydroxyl groups excluding tert-OH is 1. The minimum atomic E-state index is -0.0492. The number of hydrogen-bond donors (Lipinski definition) is 1. The van der Waals surface area contributed by atoms with E-state index in [1.54, 1.807) is 6.20 Å². The van der Waals surface area contributed by atoms with E-state index in [0.717, 1.165) is 12.3 Å². The van der Waals surface area contributed by atoms with E-state index in [1.807, 2.05) is 11.8 Å². The summed E-state index contributed by atoms with van der Waals surface area (Å²) in [5.41, 5.74) is 0. The van der Waals surface area contributed by atoms with Gasteiger partial charge in [-0.3, -0.25) is 0 Å². The Bertz CT molecular complexity index is 281. The molecule has 1 aromatic heterocycles. The maximum Gasteiger partial charge on any atom is 0.194 e. The van der Waals surface area contributed by atoms with E-state index in [4.69, 9.17) is 9.52 Å². The van der Waals surface area contributed by atoms with Crippen molar-refractivity contribution in [2.75, 3.05) is 11.5 Å². The first-order valence-electron chi connectivity index (χ1n) is 5.00. The van der Waals surface area contributed by atoms with Crippen molar-refractivity contribution in [3.8, 4) is 0 Å². The summed E-state index contributed by atoms with van der Waals surface area (Å²) in [6.07, 6.45) is 5.13. The first kappa shape index (κ1) is 10.1. The Morgan fingerprint density at radius 2 is 2.57 bits per heavy atom. The van der Waals surface area contributed by atoms with Crippen LogP contribution in [0.3, 0.4) is 0 Å². The second-order valence-corrected chi connectivity index (χ2v) is 4.82. The molecule has 1 aliphatic rings. The lowest BCUT2D eigenvalue weighted by molar-refractivity contribution is 0.241. The molecule has 78 valence electrons. The number of hydrogen-bond acceptors (Lipinski definition) is 4. The highest BCUT2D eigenvalue weighted by molar-refractivity contribution is 7.99. The molecule has 0 amide bonds. The number of nitrogens with zero attached hydrogens (tertiary/aromatic N) is 1. The van der Waals surface area contributed by atoms with E-state index in [1.165, 1.54) is 24.3 Å². The normalized spacial score (nSPS) is 22.5. The highest BCUT2D eigenvalue weighted by atomic mass is 32.2. The SMILES string of the molecule is OCc1cnc(CC2CCCSC2)o1. The minimum absolute atomic E-state index is 0.0492. The highest BCUT2D eigenvalue weighted by Gasteiger charge is 2.16. The molecule has 1 N–H and O–H groups in total. The van der Waals surface area contributed by atoms with Crippen LogP contribution in [0.25, 0.3) is 0 Å². The predicted octanol–water partition coefficient (Wildman–Crippen LogP) is 1.85. The second kappa shape index (κ2) is 4.84. The third-order valence-electron chi connectivity index (χ3n) is 2.48. The Morgan fingerprint density at radius 1 is 1.64 bits per heavy atom. The third kappa shape index (κ3) is 2.51. The fourth-order valence-corrected chi connectivity index (χ4v) is 2.89. The quantitative estimate of drug-likeness (QED) is 0.832. The van der Waals surface area contributed by atoms with Gasteiger partial charge in [0.2, 0.25) is 0 Å². The average Bonchev–Trinajstić information content (AvgIpc) is 2.67. The van der Waals surface area contributed by atoms with Gasteiger partial charge in [-0.25, -0.2) is 4.98 Å². The van der Waals surface area contributed by atoms with Gasteiger partial charge >= 0.3 is 0 Å². The molecule has 0 aliphatic carbocycles. The number of thioether (sulfide) groups is 1. The molecular formula is C10H15NO2S. The molecule has 1 aliphatic heterocycles. The molecule has 1 unspecified atom stereocenters. The Balaban J connectivity index is 1.89. The van der Waals surface area contributed by atoms with Crippen LogP contribution in [0, 0.1) is 5.92 Å². The van der Waals surface area contributed by atoms with Gasteiger partial charge < -0.3 is 9.52 Å². The van der Waals surface area contributed by atoms with Crippen LogP contribution in [0.5, 0.6) is 0 Å². The monoisotopic (exact) mass is 213 g/mol. The van der Waals surface area contributed by atoms with E-state index in [9.17, 15) is 0 Å². The fourth-order valence-electron chi connectivity index (χ4n) is 1.73. The van der Waals surface area contributed by atoms with Crippen molar-refractivity contribution in [1.29, 1.82) is 0 Å². The first-order chi connectivity index (χ1) is 6.88. The summed E-state index contributed by atoms with van der Waals surface area (Å²) < 4.78 is 5.37. The van der Waals surface area contributed by atoms with Crippen molar-refractivity contribution in [1.82, 2.24) is 4.98 Å². The summed E-state index contributed by atoms with van der Waals surface area (Å²) in [6.45, 7) is -0.0492. The third-order valence-corrected chi connectivity index (χ3v) is 3.76. The maximum absolute atomic E-state index is 8.82. The molecule has 2 rings (SSSR count). The molecule has 1 atom stereocenters. The smallest absolute Gasteiger partial charge is 0.194 e. The van der Waals surface area contributed by atoms with Gasteiger partial charge in [0.05, 0.1) is 6.20 Å². The standard InChI is InChI=1S/C10H15NO2S/c12-6-9-5-11-10(13-9)4-8-2-1-3-14-7-8/h5,8,12H,1-4,6-7H2. The zero-order valence-electron chi connectivity index (χ0n) is 8.11. The van der Waals surface area contributed by atoms with Gasteiger partial charge in [0.1, 0.15) is 12.4 Å². The van der Waals surface area contributed by atoms with Crippen molar-refractivity contribution >= 4 is 11.8 Å². The summed E-state index contributed by atoms with van der Waals surface area (Å²) in [5.74, 6) is 4.57. The number of aliphatic hydroxyl groups is 1. The average molecular weight is 213 g/mol. The molecule has 0 aromatic carbocycles. The van der Waals surface area contributed by atoms with E-state index in [-0.39, 0.29) is 6.61 Å². The lowest BCUT2D eigenvalue weighted by Crippen LogP contribution is -2.13. The molecule has 0 radical (unpaired) electrons. The topological polar surface area (TPSA) is 46.3 Å². The number of rotatable bonds is 3. The lowest BCUT2D eigenvalue weighted by Gasteiger charge is -2.19. The number of aromatic nitrogens is 1. The van der Waals surface area contributed by atoms with Crippen LogP contribution >= 0.6 is 11.8 Å². The summed E-state index contributed by atoms with van der Waals surface area (Å²) in [7, 11) is 0. The molecule has 0 saturated carbocycles. The summed E-state index contributed by atoms with van der Waals surface area (Å²) in [4.78, 5) is 4.15. The van der Waals surface area contributed by atoms with Crippen LogP contribution in [0.15, 0.2) is 10.6 Å². The van der Waals surface area contributed by atoms with E-state index >= 15 is 0 Å². The molecular weight excluding hydrogens is 198 g/mol. The van der Waals surface area contributed by atoms with Crippen LogP contribution < -0.4 is 0 Å². The van der Waals surface area contributed by atoms with Gasteiger partial charge in [-0.1, -0.05) is 0 Å². The van der Waals surface area contributed by atoms with Crippen molar-refractivity contribution in [3.05, 3.63) is 17.8 Å². The summed E-state index contributed by atoms with van der Waals surface area (Å²) in [6, 6.07) is 0. The van der Waals surface area contributed by atoms with Crippen molar-refractivity contribution in [2.45, 2.75) is 25.9 Å². The summed E-state index contributed by atoms with van der Waals surface area (Å²) in [5, 5.41) is 8.82. The van der Waals surface area contributed by atoms with Gasteiger partial charge in [0, 0.05) is 6.42 Å². The molecule has 1 aromatic rings. The Morgan fingerprint density at radius 3 is 3.21 bits per heavy atom. The molecule has 0 spiro atoms. The second-order valence-electron chi connectivity index (χ2n) is 3.67. The Kier molecular flexibility index (Phi) is 3.48. The zero-order valence-corrected chi connectivity index (χ0v) is 8.92. The zero-order chi connectivity index (χ0) is 9.80. The van der Waals surface area contributed by atoms with Crippen LogP contribution in [0.4, 0.5) is 0 Å². The van der Waals surface area contributed by atoms with Crippen molar-refractivity contribution in [3.63, 3.8) is 0 Å². The first-order valence-corrected chi connectivity index (χ1v) is 6.16. The summed E-state index contributed by atoms with van der Waals surface area (Å²) >= 11 is 2.02. The van der Waals surface area contributed by atoms with Gasteiger partial charge in [-0.05, 0) is 30.3 Å². The van der Waals surface area contributed by atoms with Crippen molar-refractivity contribution in [2.24, 2.45) is 5.92 Å². The number of oxazole rings is 1. The molecule has 14 heavy (non-hydrogen) atoms. The van der Waals surface area contributed by atoms with Gasteiger partial charge in [-0.2, -0.15) is 11.8 Å². The Labute approximate surface area is 87.9 Å². The van der Waals surface area contributed by atoms with E-state index < -0.39 is 0 Å². The van der Waals surface area contributed by atoms with E-state index in [0.29, 0.717) is 11.7 Å². The fraction of sp³-hybridized carbons (Fsp3) is 0.700. The predicted molar refractivity (Wildman–Crippen MR) is 56.2 cm³/mol. The Hall–Kier alpha value is -0.480. The molecule has 1 saturated heterocycles.